The second kappa shape index (κ2) is 5.20. The molecule has 1 aliphatic heterocycles. The normalized spacial score (nSPS) is 28.1. The average molecular weight is 252 g/mol. The molecule has 0 radical (unpaired) electrons. The van der Waals surface area contributed by atoms with Gasteiger partial charge in [-0.2, -0.15) is 0 Å². The van der Waals surface area contributed by atoms with E-state index >= 15 is 0 Å². The van der Waals surface area contributed by atoms with E-state index in [0.717, 1.165) is 13.1 Å². The van der Waals surface area contributed by atoms with Crippen LogP contribution in [-0.2, 0) is 4.79 Å². The number of hydrogen-bond acceptors (Lipinski definition) is 2. The van der Waals surface area contributed by atoms with E-state index in [4.69, 9.17) is 5.73 Å². The van der Waals surface area contributed by atoms with E-state index in [9.17, 15) is 4.79 Å². The van der Waals surface area contributed by atoms with Gasteiger partial charge in [0.2, 0.25) is 5.91 Å². The summed E-state index contributed by atoms with van der Waals surface area (Å²) in [6.07, 6.45) is 5.85. The molecule has 1 aliphatic carbocycles. The van der Waals surface area contributed by atoms with Gasteiger partial charge >= 0.3 is 0 Å². The maximum Gasteiger partial charge on any atom is 0.222 e. The second-order valence-corrected chi connectivity index (χ2v) is 7.27. The van der Waals surface area contributed by atoms with Crippen LogP contribution in [0.25, 0.3) is 0 Å². The van der Waals surface area contributed by atoms with Crippen LogP contribution in [0, 0.1) is 17.3 Å². The smallest absolute Gasteiger partial charge is 0.222 e. The minimum Gasteiger partial charge on any atom is -0.341 e. The van der Waals surface area contributed by atoms with Gasteiger partial charge in [0.25, 0.3) is 0 Å². The van der Waals surface area contributed by atoms with Crippen molar-refractivity contribution in [2.75, 3.05) is 13.1 Å². The molecule has 1 saturated heterocycles. The Labute approximate surface area is 111 Å². The highest BCUT2D eigenvalue weighted by Crippen LogP contribution is 2.35. The number of nitrogens with two attached hydrogens (primary N) is 1. The standard InChI is InChI=1S/C15H28N2O/c1-15(2,3)12-8-14(18)17(9-12)10-13(16)11-6-4-5-7-11/h11-13H,4-10,16H2,1-3H3. The first-order valence-electron chi connectivity index (χ1n) is 7.41. The van der Waals surface area contributed by atoms with Crippen LogP contribution >= 0.6 is 0 Å². The molecule has 2 fully saturated rings. The number of rotatable bonds is 3. The fourth-order valence-electron chi connectivity index (χ4n) is 3.32. The molecule has 1 heterocycles. The minimum absolute atomic E-state index is 0.190. The Morgan fingerprint density at radius 3 is 2.44 bits per heavy atom. The first-order chi connectivity index (χ1) is 8.38. The van der Waals surface area contributed by atoms with Crippen molar-refractivity contribution in [3.63, 3.8) is 0 Å². The van der Waals surface area contributed by atoms with Crippen molar-refractivity contribution in [3.05, 3.63) is 0 Å². The van der Waals surface area contributed by atoms with Gasteiger partial charge in [0.1, 0.15) is 0 Å². The fourth-order valence-corrected chi connectivity index (χ4v) is 3.32. The number of likely N-dealkylation sites (tertiary alicyclic amines) is 1. The Kier molecular flexibility index (Phi) is 4.00. The Hall–Kier alpha value is -0.570. The summed E-state index contributed by atoms with van der Waals surface area (Å²) in [7, 11) is 0. The number of carbonyl (C=O) groups is 1. The molecule has 18 heavy (non-hydrogen) atoms. The summed E-state index contributed by atoms with van der Waals surface area (Å²) in [5.41, 5.74) is 6.51. The van der Waals surface area contributed by atoms with Gasteiger partial charge in [0.15, 0.2) is 0 Å². The molecule has 2 aliphatic rings. The zero-order valence-electron chi connectivity index (χ0n) is 12.1. The first kappa shape index (κ1) is 13.9. The van der Waals surface area contributed by atoms with Crippen molar-refractivity contribution in [1.29, 1.82) is 0 Å². The molecule has 3 nitrogen and oxygen atoms in total. The van der Waals surface area contributed by atoms with E-state index in [1.807, 2.05) is 4.90 Å². The number of hydrogen-bond donors (Lipinski definition) is 1. The van der Waals surface area contributed by atoms with Gasteiger partial charge in [-0.1, -0.05) is 33.6 Å². The summed E-state index contributed by atoms with van der Waals surface area (Å²) >= 11 is 0. The third-order valence-corrected chi connectivity index (χ3v) is 4.88. The van der Waals surface area contributed by atoms with Crippen molar-refractivity contribution in [3.8, 4) is 0 Å². The summed E-state index contributed by atoms with van der Waals surface area (Å²) in [4.78, 5) is 14.1. The van der Waals surface area contributed by atoms with Crippen LogP contribution in [0.3, 0.4) is 0 Å². The quantitative estimate of drug-likeness (QED) is 0.838. The molecule has 0 bridgehead atoms. The molecule has 3 heteroatoms. The lowest BCUT2D eigenvalue weighted by atomic mass is 9.80. The van der Waals surface area contributed by atoms with E-state index < -0.39 is 0 Å². The maximum atomic E-state index is 12.1. The highest BCUT2D eigenvalue weighted by atomic mass is 16.2. The molecule has 0 aromatic carbocycles. The van der Waals surface area contributed by atoms with E-state index in [-0.39, 0.29) is 11.5 Å². The van der Waals surface area contributed by atoms with Crippen molar-refractivity contribution in [2.45, 2.75) is 58.9 Å². The average Bonchev–Trinajstić information content (AvgIpc) is 2.87. The van der Waals surface area contributed by atoms with Gasteiger partial charge in [0, 0.05) is 25.6 Å². The molecule has 1 saturated carbocycles. The van der Waals surface area contributed by atoms with E-state index in [2.05, 4.69) is 20.8 Å². The van der Waals surface area contributed by atoms with Gasteiger partial charge in [-0.3, -0.25) is 4.79 Å². The van der Waals surface area contributed by atoms with Crippen molar-refractivity contribution < 1.29 is 4.79 Å². The summed E-state index contributed by atoms with van der Waals surface area (Å²) in [6, 6.07) is 0.190. The molecular formula is C15H28N2O. The highest BCUT2D eigenvalue weighted by Gasteiger charge is 2.37. The van der Waals surface area contributed by atoms with Gasteiger partial charge < -0.3 is 10.6 Å². The second-order valence-electron chi connectivity index (χ2n) is 7.27. The van der Waals surface area contributed by atoms with Crippen LogP contribution in [0.2, 0.25) is 0 Å². The number of carbonyl (C=O) groups excluding carboxylic acids is 1. The molecule has 104 valence electrons. The third kappa shape index (κ3) is 3.05. The molecule has 2 unspecified atom stereocenters. The predicted octanol–water partition coefficient (Wildman–Crippen LogP) is 2.40. The van der Waals surface area contributed by atoms with Crippen LogP contribution in [0.15, 0.2) is 0 Å². The Bertz CT molecular complexity index is 302. The Morgan fingerprint density at radius 2 is 1.94 bits per heavy atom. The third-order valence-electron chi connectivity index (χ3n) is 4.88. The zero-order chi connectivity index (χ0) is 13.3. The van der Waals surface area contributed by atoms with Gasteiger partial charge in [-0.15, -0.1) is 0 Å². The van der Waals surface area contributed by atoms with Crippen molar-refractivity contribution >= 4 is 5.91 Å². The van der Waals surface area contributed by atoms with Crippen molar-refractivity contribution in [2.24, 2.45) is 23.0 Å². The van der Waals surface area contributed by atoms with E-state index in [1.54, 1.807) is 0 Å². The van der Waals surface area contributed by atoms with E-state index in [1.165, 1.54) is 25.7 Å². The van der Waals surface area contributed by atoms with Gasteiger partial charge in [-0.25, -0.2) is 0 Å². The molecule has 0 spiro atoms. The lowest BCUT2D eigenvalue weighted by molar-refractivity contribution is -0.128. The minimum atomic E-state index is 0.190. The highest BCUT2D eigenvalue weighted by molar-refractivity contribution is 5.78. The SMILES string of the molecule is CC(C)(C)C1CC(=O)N(CC(N)C2CCCC2)C1. The summed E-state index contributed by atoms with van der Waals surface area (Å²) in [5, 5.41) is 0. The largest absolute Gasteiger partial charge is 0.341 e. The first-order valence-corrected chi connectivity index (χ1v) is 7.41. The molecule has 0 aromatic rings. The maximum absolute atomic E-state index is 12.1. The van der Waals surface area contributed by atoms with Crippen molar-refractivity contribution in [1.82, 2.24) is 4.90 Å². The monoisotopic (exact) mass is 252 g/mol. The lowest BCUT2D eigenvalue weighted by Gasteiger charge is -2.28. The van der Waals surface area contributed by atoms with Crippen LogP contribution in [0.1, 0.15) is 52.9 Å². The van der Waals surface area contributed by atoms with E-state index in [0.29, 0.717) is 24.2 Å². The molecule has 0 aromatic heterocycles. The van der Waals surface area contributed by atoms with Crippen LogP contribution in [0.5, 0.6) is 0 Å². The summed E-state index contributed by atoms with van der Waals surface area (Å²) in [5.74, 6) is 1.44. The summed E-state index contributed by atoms with van der Waals surface area (Å²) < 4.78 is 0. The number of nitrogens with zero attached hydrogens (tertiary/aromatic N) is 1. The van der Waals surface area contributed by atoms with Crippen LogP contribution in [-0.4, -0.2) is 29.9 Å². The predicted molar refractivity (Wildman–Crippen MR) is 74.1 cm³/mol. The number of amides is 1. The molecule has 2 N–H and O–H groups in total. The molecule has 1 amide bonds. The van der Waals surface area contributed by atoms with Crippen LogP contribution < -0.4 is 5.73 Å². The zero-order valence-corrected chi connectivity index (χ0v) is 12.1. The topological polar surface area (TPSA) is 46.3 Å². The van der Waals surface area contributed by atoms with Gasteiger partial charge in [-0.05, 0) is 30.1 Å². The molecule has 2 rings (SSSR count). The Balaban J connectivity index is 1.88. The molecular weight excluding hydrogens is 224 g/mol. The Morgan fingerprint density at radius 1 is 1.33 bits per heavy atom. The fraction of sp³-hybridized carbons (Fsp3) is 0.933. The van der Waals surface area contributed by atoms with Crippen LogP contribution in [0.4, 0.5) is 0 Å². The molecule has 2 atom stereocenters. The lowest BCUT2D eigenvalue weighted by Crippen LogP contribution is -2.42. The summed E-state index contributed by atoms with van der Waals surface area (Å²) in [6.45, 7) is 8.36. The van der Waals surface area contributed by atoms with Gasteiger partial charge in [0.05, 0.1) is 0 Å².